The number of anilines is 1. The summed E-state index contributed by atoms with van der Waals surface area (Å²) in [6, 6.07) is 9.71. The smallest absolute Gasteiger partial charge is 0.260 e. The third-order valence-electron chi connectivity index (χ3n) is 6.13. The summed E-state index contributed by atoms with van der Waals surface area (Å²) in [6.07, 6.45) is 0.719. The SMILES string of the molecule is COc1ccc(Cl)c2sc(N(CCCN3CCOCC3)C(=O)c3cccc(S(=O)(=O)C(C)C)c3)nc12.Cl. The Kier molecular flexibility index (Phi) is 10.2. The van der Waals surface area contributed by atoms with E-state index in [1.54, 1.807) is 50.1 Å². The quantitative estimate of drug-likeness (QED) is 0.350. The number of rotatable bonds is 9. The highest BCUT2D eigenvalue weighted by molar-refractivity contribution is 7.92. The molecule has 8 nitrogen and oxygen atoms in total. The number of hydrogen-bond donors (Lipinski definition) is 0. The maximum absolute atomic E-state index is 13.8. The van der Waals surface area contributed by atoms with E-state index in [-0.39, 0.29) is 23.2 Å². The number of amides is 1. The van der Waals surface area contributed by atoms with Gasteiger partial charge < -0.3 is 9.47 Å². The van der Waals surface area contributed by atoms with Crippen molar-refractivity contribution in [2.24, 2.45) is 0 Å². The van der Waals surface area contributed by atoms with Gasteiger partial charge in [-0.15, -0.1) is 12.4 Å². The van der Waals surface area contributed by atoms with Gasteiger partial charge in [-0.05, 0) is 50.6 Å². The van der Waals surface area contributed by atoms with E-state index in [2.05, 4.69) is 4.90 Å². The summed E-state index contributed by atoms with van der Waals surface area (Å²) < 4.78 is 37.1. The zero-order valence-electron chi connectivity index (χ0n) is 21.0. The zero-order chi connectivity index (χ0) is 25.9. The van der Waals surface area contributed by atoms with Crippen LogP contribution in [0.1, 0.15) is 30.6 Å². The molecule has 3 aromatic rings. The van der Waals surface area contributed by atoms with E-state index in [1.165, 1.54) is 23.5 Å². The molecule has 0 saturated carbocycles. The number of carbonyl (C=O) groups excluding carboxylic acids is 1. The van der Waals surface area contributed by atoms with Crippen molar-refractivity contribution in [3.63, 3.8) is 0 Å². The summed E-state index contributed by atoms with van der Waals surface area (Å²) in [7, 11) is -1.96. The Balaban J connectivity index is 0.00000380. The zero-order valence-corrected chi connectivity index (χ0v) is 24.2. The van der Waals surface area contributed by atoms with Crippen LogP contribution in [0.4, 0.5) is 5.13 Å². The molecule has 2 aromatic carbocycles. The molecule has 0 bridgehead atoms. The molecule has 4 rings (SSSR count). The number of halogens is 2. The van der Waals surface area contributed by atoms with Crippen molar-refractivity contribution in [3.05, 3.63) is 47.0 Å². The van der Waals surface area contributed by atoms with Crippen molar-refractivity contribution in [2.75, 3.05) is 51.4 Å². The molecule has 37 heavy (non-hydrogen) atoms. The van der Waals surface area contributed by atoms with E-state index in [9.17, 15) is 13.2 Å². The first-order valence-corrected chi connectivity index (χ1v) is 14.6. The lowest BCUT2D eigenvalue weighted by Gasteiger charge is -2.27. The molecule has 0 spiro atoms. The van der Waals surface area contributed by atoms with Gasteiger partial charge in [0.2, 0.25) is 0 Å². The van der Waals surface area contributed by atoms with Gasteiger partial charge in [0.25, 0.3) is 5.91 Å². The van der Waals surface area contributed by atoms with Crippen LogP contribution in [0.25, 0.3) is 10.2 Å². The Labute approximate surface area is 232 Å². The second kappa shape index (κ2) is 12.7. The third kappa shape index (κ3) is 6.55. The number of methoxy groups -OCH3 is 1. The number of fused-ring (bicyclic) bond motifs is 1. The summed E-state index contributed by atoms with van der Waals surface area (Å²) in [5, 5.41) is 0.423. The van der Waals surface area contributed by atoms with E-state index >= 15 is 0 Å². The Morgan fingerprint density at radius 2 is 1.97 bits per heavy atom. The van der Waals surface area contributed by atoms with Crippen LogP contribution >= 0.6 is 35.3 Å². The summed E-state index contributed by atoms with van der Waals surface area (Å²) in [6.45, 7) is 7.60. The topological polar surface area (TPSA) is 89.0 Å². The first-order valence-electron chi connectivity index (χ1n) is 11.8. The minimum atomic E-state index is -3.53. The lowest BCUT2D eigenvalue weighted by Crippen LogP contribution is -2.39. The molecule has 0 atom stereocenters. The second-order valence-electron chi connectivity index (χ2n) is 8.81. The van der Waals surface area contributed by atoms with Gasteiger partial charge in [-0.3, -0.25) is 14.6 Å². The fraction of sp³-hybridized carbons (Fsp3) is 0.440. The molecule has 0 radical (unpaired) electrons. The average molecular weight is 589 g/mol. The van der Waals surface area contributed by atoms with Crippen LogP contribution in [0.3, 0.4) is 0 Å². The molecule has 0 aliphatic carbocycles. The van der Waals surface area contributed by atoms with Crippen LogP contribution in [-0.4, -0.2) is 76.0 Å². The molecular formula is C25H31Cl2N3O5S2. The Bertz CT molecular complexity index is 1340. The van der Waals surface area contributed by atoms with Crippen molar-refractivity contribution in [1.29, 1.82) is 0 Å². The molecule has 1 fully saturated rings. The number of aromatic nitrogens is 1. The van der Waals surface area contributed by atoms with E-state index in [1.807, 2.05) is 0 Å². The monoisotopic (exact) mass is 587 g/mol. The maximum atomic E-state index is 13.8. The third-order valence-corrected chi connectivity index (χ3v) is 9.82. The predicted octanol–water partition coefficient (Wildman–Crippen LogP) is 4.93. The number of benzene rings is 2. The van der Waals surface area contributed by atoms with Crippen molar-refractivity contribution in [1.82, 2.24) is 9.88 Å². The van der Waals surface area contributed by atoms with Crippen LogP contribution in [0, 0.1) is 0 Å². The summed E-state index contributed by atoms with van der Waals surface area (Å²) in [5.74, 6) is 0.259. The standard InChI is InChI=1S/C25H30ClN3O5S2.ClH/c1-17(2)36(31,32)19-7-4-6-18(16-19)24(30)29(11-5-10-28-12-14-34-15-13-28)25-27-22-21(33-3)9-8-20(26)23(22)35-25;/h4,6-9,16-17H,5,10-15H2,1-3H3;1H. The summed E-state index contributed by atoms with van der Waals surface area (Å²) in [5.41, 5.74) is 0.882. The van der Waals surface area contributed by atoms with Crippen LogP contribution < -0.4 is 9.64 Å². The van der Waals surface area contributed by atoms with Crippen LogP contribution in [0.2, 0.25) is 5.02 Å². The number of ether oxygens (including phenoxy) is 2. The fourth-order valence-corrected chi connectivity index (χ4v) is 6.40. The highest BCUT2D eigenvalue weighted by Crippen LogP contribution is 2.39. The molecule has 0 unspecified atom stereocenters. The summed E-state index contributed by atoms with van der Waals surface area (Å²) in [4.78, 5) is 22.6. The number of carbonyl (C=O) groups is 1. The summed E-state index contributed by atoms with van der Waals surface area (Å²) >= 11 is 7.75. The highest BCUT2D eigenvalue weighted by atomic mass is 35.5. The Morgan fingerprint density at radius 3 is 2.65 bits per heavy atom. The van der Waals surface area contributed by atoms with Crippen molar-refractivity contribution in [2.45, 2.75) is 30.4 Å². The molecule has 0 N–H and O–H groups in total. The largest absolute Gasteiger partial charge is 0.494 e. The fourth-order valence-electron chi connectivity index (χ4n) is 4.02. The van der Waals surface area contributed by atoms with Crippen molar-refractivity contribution < 1.29 is 22.7 Å². The van der Waals surface area contributed by atoms with Gasteiger partial charge >= 0.3 is 0 Å². The molecule has 202 valence electrons. The van der Waals surface area contributed by atoms with Gasteiger partial charge in [0.1, 0.15) is 11.3 Å². The van der Waals surface area contributed by atoms with Gasteiger partial charge in [0.05, 0.1) is 40.2 Å². The van der Waals surface area contributed by atoms with E-state index < -0.39 is 15.1 Å². The molecule has 1 aliphatic heterocycles. The first kappa shape index (κ1) is 29.6. The van der Waals surface area contributed by atoms with Crippen LogP contribution in [0.15, 0.2) is 41.3 Å². The first-order chi connectivity index (χ1) is 17.2. The van der Waals surface area contributed by atoms with Gasteiger partial charge in [-0.1, -0.05) is 29.0 Å². The van der Waals surface area contributed by atoms with Crippen LogP contribution in [0.5, 0.6) is 5.75 Å². The lowest BCUT2D eigenvalue weighted by atomic mass is 10.2. The molecule has 1 aromatic heterocycles. The average Bonchev–Trinajstić information content (AvgIpc) is 3.33. The van der Waals surface area contributed by atoms with E-state index in [0.29, 0.717) is 46.7 Å². The molecule has 1 aliphatic rings. The molecule has 1 amide bonds. The minimum Gasteiger partial charge on any atom is -0.494 e. The highest BCUT2D eigenvalue weighted by Gasteiger charge is 2.26. The molecule has 2 heterocycles. The van der Waals surface area contributed by atoms with Crippen molar-refractivity contribution >= 4 is 66.4 Å². The van der Waals surface area contributed by atoms with Gasteiger partial charge in [-0.2, -0.15) is 0 Å². The number of hydrogen-bond acceptors (Lipinski definition) is 8. The number of sulfone groups is 1. The molecule has 1 saturated heterocycles. The van der Waals surface area contributed by atoms with Crippen LogP contribution in [-0.2, 0) is 14.6 Å². The van der Waals surface area contributed by atoms with Gasteiger partial charge in [-0.25, -0.2) is 13.4 Å². The van der Waals surface area contributed by atoms with Crippen molar-refractivity contribution in [3.8, 4) is 5.75 Å². The van der Waals surface area contributed by atoms with Gasteiger partial charge in [0, 0.05) is 31.7 Å². The van der Waals surface area contributed by atoms with E-state index in [4.69, 9.17) is 26.1 Å². The molecule has 12 heteroatoms. The predicted molar refractivity (Wildman–Crippen MR) is 151 cm³/mol. The molecular weight excluding hydrogens is 557 g/mol. The Morgan fingerprint density at radius 1 is 1.24 bits per heavy atom. The number of nitrogens with zero attached hydrogens (tertiary/aromatic N) is 3. The normalized spacial score (nSPS) is 14.5. The second-order valence-corrected chi connectivity index (χ2v) is 12.7. The minimum absolute atomic E-state index is 0. The Hall–Kier alpha value is -1.95. The maximum Gasteiger partial charge on any atom is 0.260 e. The number of thiazole rings is 1. The van der Waals surface area contributed by atoms with Gasteiger partial charge in [0.15, 0.2) is 15.0 Å². The lowest BCUT2D eigenvalue weighted by molar-refractivity contribution is 0.0376. The van der Waals surface area contributed by atoms with E-state index in [0.717, 1.165) is 30.8 Å². The number of morpholine rings is 1.